The molecular weight excluding hydrogens is 294 g/mol. The fourth-order valence-corrected chi connectivity index (χ4v) is 2.37. The highest BCUT2D eigenvalue weighted by Crippen LogP contribution is 2.37. The minimum absolute atomic E-state index is 0.470. The smallest absolute Gasteiger partial charge is 0.153 e. The maximum Gasteiger partial charge on any atom is 0.153 e. The fraction of sp³-hybridized carbons (Fsp3) is 0. The number of hydrogen-bond acceptors (Lipinski definition) is 3. The quantitative estimate of drug-likeness (QED) is 0.680. The molecule has 0 aliphatic heterocycles. The number of benzene rings is 1. The Labute approximate surface area is 112 Å². The normalized spacial score (nSPS) is 10.7. The monoisotopic (exact) mass is 303 g/mol. The van der Waals surface area contributed by atoms with Gasteiger partial charge in [-0.2, -0.15) is 10.2 Å². The van der Waals surface area contributed by atoms with Gasteiger partial charge in [-0.1, -0.05) is 34.1 Å². The summed E-state index contributed by atoms with van der Waals surface area (Å²) in [5.74, 6) is 0.470. The third kappa shape index (κ3) is 1.70. The van der Waals surface area contributed by atoms with Crippen molar-refractivity contribution in [1.82, 2.24) is 20.4 Å². The van der Waals surface area contributed by atoms with Crippen molar-refractivity contribution in [2.75, 3.05) is 5.73 Å². The van der Waals surface area contributed by atoms with Gasteiger partial charge >= 0.3 is 0 Å². The first-order valence-electron chi connectivity index (χ1n) is 5.35. The Hall–Kier alpha value is -2.08. The SMILES string of the molecule is Nc1n[nH]c(-c2cn[nH]c2)c1-c1ccccc1Br. The Bertz CT molecular complexity index is 672. The molecule has 0 saturated carbocycles. The number of aromatic amines is 2. The van der Waals surface area contributed by atoms with E-state index in [0.29, 0.717) is 5.82 Å². The minimum atomic E-state index is 0.470. The van der Waals surface area contributed by atoms with Crippen molar-refractivity contribution in [2.24, 2.45) is 0 Å². The lowest BCUT2D eigenvalue weighted by Gasteiger charge is -2.05. The first-order valence-corrected chi connectivity index (χ1v) is 6.14. The van der Waals surface area contributed by atoms with Gasteiger partial charge in [0.15, 0.2) is 5.82 Å². The molecule has 3 rings (SSSR count). The standard InChI is InChI=1S/C12H10BrN5/c13-9-4-2-1-3-8(9)10-11(17-18-12(10)14)7-5-15-16-6-7/h1-6H,(H,15,16)(H3,14,17,18). The number of nitrogen functional groups attached to an aromatic ring is 1. The average Bonchev–Trinajstić information content (AvgIpc) is 2.99. The molecule has 2 heterocycles. The van der Waals surface area contributed by atoms with Crippen LogP contribution in [0, 0.1) is 0 Å². The number of H-pyrrole nitrogens is 2. The number of hydrogen-bond donors (Lipinski definition) is 3. The van der Waals surface area contributed by atoms with E-state index in [4.69, 9.17) is 5.73 Å². The van der Waals surface area contributed by atoms with Gasteiger partial charge in [-0.25, -0.2) is 0 Å². The first kappa shape index (κ1) is 11.0. The number of nitrogens with two attached hydrogens (primary N) is 1. The second kappa shape index (κ2) is 4.30. The van der Waals surface area contributed by atoms with Crippen molar-refractivity contribution in [3.63, 3.8) is 0 Å². The Morgan fingerprint density at radius 2 is 2.06 bits per heavy atom. The highest BCUT2D eigenvalue weighted by molar-refractivity contribution is 9.10. The van der Waals surface area contributed by atoms with E-state index >= 15 is 0 Å². The van der Waals surface area contributed by atoms with E-state index in [2.05, 4.69) is 36.3 Å². The van der Waals surface area contributed by atoms with Crippen molar-refractivity contribution in [3.8, 4) is 22.4 Å². The predicted octanol–water partition coefficient (Wildman–Crippen LogP) is 2.81. The molecule has 3 aromatic rings. The molecule has 0 spiro atoms. The summed E-state index contributed by atoms with van der Waals surface area (Å²) >= 11 is 3.53. The molecule has 5 nitrogen and oxygen atoms in total. The van der Waals surface area contributed by atoms with Crippen LogP contribution in [0.4, 0.5) is 5.82 Å². The lowest BCUT2D eigenvalue weighted by Crippen LogP contribution is -1.89. The van der Waals surface area contributed by atoms with Gasteiger partial charge in [-0.15, -0.1) is 0 Å². The van der Waals surface area contributed by atoms with Gasteiger partial charge in [0.05, 0.1) is 17.5 Å². The summed E-state index contributed by atoms with van der Waals surface area (Å²) in [4.78, 5) is 0. The molecular formula is C12H10BrN5. The highest BCUT2D eigenvalue weighted by Gasteiger charge is 2.16. The number of nitrogens with one attached hydrogen (secondary N) is 2. The molecule has 0 unspecified atom stereocenters. The molecule has 0 bridgehead atoms. The Morgan fingerprint density at radius 1 is 1.22 bits per heavy atom. The second-order valence-electron chi connectivity index (χ2n) is 3.83. The summed E-state index contributed by atoms with van der Waals surface area (Å²) in [6.45, 7) is 0. The number of aromatic nitrogens is 4. The maximum absolute atomic E-state index is 5.95. The topological polar surface area (TPSA) is 83.4 Å². The molecule has 0 aliphatic rings. The average molecular weight is 304 g/mol. The van der Waals surface area contributed by atoms with Crippen molar-refractivity contribution in [1.29, 1.82) is 0 Å². The maximum atomic E-state index is 5.95. The number of rotatable bonds is 2. The summed E-state index contributed by atoms with van der Waals surface area (Å²) in [6, 6.07) is 7.89. The molecule has 0 fully saturated rings. The van der Waals surface area contributed by atoms with Gasteiger partial charge in [0.2, 0.25) is 0 Å². The van der Waals surface area contributed by atoms with Gasteiger partial charge in [0.1, 0.15) is 0 Å². The molecule has 0 aliphatic carbocycles. The van der Waals surface area contributed by atoms with Crippen LogP contribution in [0.2, 0.25) is 0 Å². The van der Waals surface area contributed by atoms with Crippen LogP contribution in [0.1, 0.15) is 0 Å². The van der Waals surface area contributed by atoms with E-state index in [9.17, 15) is 0 Å². The Morgan fingerprint density at radius 3 is 2.78 bits per heavy atom. The molecule has 0 radical (unpaired) electrons. The van der Waals surface area contributed by atoms with Gasteiger partial charge in [0.25, 0.3) is 0 Å². The van der Waals surface area contributed by atoms with E-state index in [1.54, 1.807) is 12.4 Å². The van der Waals surface area contributed by atoms with Crippen LogP contribution in [0.15, 0.2) is 41.1 Å². The predicted molar refractivity (Wildman–Crippen MR) is 73.7 cm³/mol. The van der Waals surface area contributed by atoms with E-state index < -0.39 is 0 Å². The number of nitrogens with zero attached hydrogens (tertiary/aromatic N) is 2. The second-order valence-corrected chi connectivity index (χ2v) is 4.68. The van der Waals surface area contributed by atoms with Crippen molar-refractivity contribution in [3.05, 3.63) is 41.1 Å². The molecule has 6 heteroatoms. The molecule has 0 amide bonds. The zero-order valence-corrected chi connectivity index (χ0v) is 10.9. The van der Waals surface area contributed by atoms with E-state index in [-0.39, 0.29) is 0 Å². The fourth-order valence-electron chi connectivity index (χ4n) is 1.89. The van der Waals surface area contributed by atoms with Crippen LogP contribution in [0.25, 0.3) is 22.4 Å². The lowest BCUT2D eigenvalue weighted by molar-refractivity contribution is 1.09. The third-order valence-corrected chi connectivity index (χ3v) is 3.42. The zero-order valence-electron chi connectivity index (χ0n) is 9.31. The van der Waals surface area contributed by atoms with Crippen LogP contribution >= 0.6 is 15.9 Å². The van der Waals surface area contributed by atoms with Crippen LogP contribution in [-0.2, 0) is 0 Å². The van der Waals surface area contributed by atoms with Crippen molar-refractivity contribution < 1.29 is 0 Å². The summed E-state index contributed by atoms with van der Waals surface area (Å²) < 4.78 is 0.975. The summed E-state index contributed by atoms with van der Waals surface area (Å²) in [7, 11) is 0. The minimum Gasteiger partial charge on any atom is -0.382 e. The Kier molecular flexibility index (Phi) is 2.64. The largest absolute Gasteiger partial charge is 0.382 e. The van der Waals surface area contributed by atoms with E-state index in [1.165, 1.54) is 0 Å². The molecule has 1 aromatic carbocycles. The summed E-state index contributed by atoms with van der Waals surface area (Å²) in [6.07, 6.45) is 3.53. The molecule has 0 saturated heterocycles. The van der Waals surface area contributed by atoms with Crippen LogP contribution < -0.4 is 5.73 Å². The van der Waals surface area contributed by atoms with Gasteiger partial charge in [-0.05, 0) is 6.07 Å². The molecule has 0 atom stereocenters. The summed E-state index contributed by atoms with van der Waals surface area (Å²) in [5, 5.41) is 13.7. The lowest BCUT2D eigenvalue weighted by atomic mass is 10.0. The van der Waals surface area contributed by atoms with E-state index in [1.807, 2.05) is 24.3 Å². The summed E-state index contributed by atoms with van der Waals surface area (Å²) in [5.41, 5.74) is 9.61. The van der Waals surface area contributed by atoms with Gasteiger partial charge < -0.3 is 5.73 Å². The van der Waals surface area contributed by atoms with Crippen molar-refractivity contribution in [2.45, 2.75) is 0 Å². The van der Waals surface area contributed by atoms with Crippen LogP contribution in [0.5, 0.6) is 0 Å². The van der Waals surface area contributed by atoms with Crippen LogP contribution in [0.3, 0.4) is 0 Å². The van der Waals surface area contributed by atoms with Gasteiger partial charge in [0, 0.05) is 21.8 Å². The number of halogens is 1. The van der Waals surface area contributed by atoms with Crippen molar-refractivity contribution >= 4 is 21.7 Å². The van der Waals surface area contributed by atoms with E-state index in [0.717, 1.165) is 26.9 Å². The van der Waals surface area contributed by atoms with Gasteiger partial charge in [-0.3, -0.25) is 10.2 Å². The molecule has 18 heavy (non-hydrogen) atoms. The highest BCUT2D eigenvalue weighted by atomic mass is 79.9. The third-order valence-electron chi connectivity index (χ3n) is 2.72. The molecule has 90 valence electrons. The first-order chi connectivity index (χ1) is 8.77. The number of anilines is 1. The Balaban J connectivity index is 2.24. The molecule has 2 aromatic heterocycles. The van der Waals surface area contributed by atoms with Crippen LogP contribution in [-0.4, -0.2) is 20.4 Å². The zero-order chi connectivity index (χ0) is 12.5. The molecule has 4 N–H and O–H groups in total.